The van der Waals surface area contributed by atoms with Gasteiger partial charge in [-0.2, -0.15) is 0 Å². The third-order valence-corrected chi connectivity index (χ3v) is 5.64. The Morgan fingerprint density at radius 1 is 0.935 bits per heavy atom. The Morgan fingerprint density at radius 3 is 2.26 bits per heavy atom. The van der Waals surface area contributed by atoms with E-state index in [0.717, 1.165) is 39.3 Å². The smallest absolute Gasteiger partial charge is 0.339 e. The molecule has 0 N–H and O–H groups in total. The molecule has 0 saturated heterocycles. The third-order valence-electron chi connectivity index (χ3n) is 5.64. The summed E-state index contributed by atoms with van der Waals surface area (Å²) in [5, 5.41) is 3.94. The number of benzene rings is 3. The van der Waals surface area contributed by atoms with Gasteiger partial charge in [0.2, 0.25) is 0 Å². The third kappa shape index (κ3) is 3.48. The fourth-order valence-electron chi connectivity index (χ4n) is 3.99. The zero-order valence-electron chi connectivity index (χ0n) is 17.3. The maximum atomic E-state index is 13.0. The molecule has 1 heterocycles. The predicted molar refractivity (Wildman–Crippen MR) is 116 cm³/mol. The molecule has 0 bridgehead atoms. The number of nitrogens with zero attached hydrogens (tertiary/aromatic N) is 1. The lowest BCUT2D eigenvalue weighted by molar-refractivity contribution is 0.0385. The number of esters is 1. The van der Waals surface area contributed by atoms with Crippen LogP contribution in [0.25, 0.3) is 11.1 Å². The van der Waals surface area contributed by atoms with E-state index in [2.05, 4.69) is 17.3 Å². The molecule has 0 fully saturated rings. The molecule has 0 amide bonds. The summed E-state index contributed by atoms with van der Waals surface area (Å²) in [5.41, 5.74) is 6.36. The van der Waals surface area contributed by atoms with Gasteiger partial charge in [0, 0.05) is 11.1 Å². The van der Waals surface area contributed by atoms with Gasteiger partial charge in [-0.05, 0) is 43.2 Å². The van der Waals surface area contributed by atoms with Gasteiger partial charge >= 0.3 is 5.97 Å². The molecule has 3 aromatic carbocycles. The van der Waals surface area contributed by atoms with E-state index >= 15 is 0 Å². The summed E-state index contributed by atoms with van der Waals surface area (Å²) in [6, 6.07) is 23.1. The van der Waals surface area contributed by atoms with Crippen LogP contribution in [0.15, 0.2) is 77.3 Å². The van der Waals surface area contributed by atoms with Crippen LogP contribution in [0.3, 0.4) is 0 Å². The van der Waals surface area contributed by atoms with Gasteiger partial charge in [0.25, 0.3) is 0 Å². The minimum absolute atomic E-state index is 0.322. The Hall–Kier alpha value is -3.86. The summed E-state index contributed by atoms with van der Waals surface area (Å²) >= 11 is 0. The molecule has 4 aromatic rings. The zero-order chi connectivity index (χ0) is 21.4. The maximum absolute atomic E-state index is 13.0. The van der Waals surface area contributed by atoms with Crippen molar-refractivity contribution in [2.24, 2.45) is 0 Å². The lowest BCUT2D eigenvalue weighted by atomic mass is 10.1. The van der Waals surface area contributed by atoms with Gasteiger partial charge in [-0.3, -0.25) is 0 Å². The van der Waals surface area contributed by atoms with Crippen molar-refractivity contribution < 1.29 is 18.8 Å². The van der Waals surface area contributed by atoms with Gasteiger partial charge in [0.1, 0.15) is 18.1 Å². The van der Waals surface area contributed by atoms with Crippen molar-refractivity contribution in [3.05, 3.63) is 107 Å². The molecule has 0 radical (unpaired) electrons. The van der Waals surface area contributed by atoms with Crippen molar-refractivity contribution in [3.8, 4) is 16.9 Å². The molecule has 0 unspecified atom stereocenters. The van der Waals surface area contributed by atoms with E-state index in [0.29, 0.717) is 17.9 Å². The summed E-state index contributed by atoms with van der Waals surface area (Å²) in [6.45, 7) is 4.05. The number of carbonyl (C=O) groups excluding carboxylic acids is 1. The Balaban J connectivity index is 1.36. The van der Waals surface area contributed by atoms with Gasteiger partial charge in [-0.15, -0.1) is 0 Å². The van der Waals surface area contributed by atoms with E-state index in [9.17, 15) is 4.79 Å². The molecular weight excluding hydrogens is 390 g/mol. The van der Waals surface area contributed by atoms with E-state index in [1.165, 1.54) is 0 Å². The topological polar surface area (TPSA) is 61.6 Å². The molecule has 5 heteroatoms. The second-order valence-electron chi connectivity index (χ2n) is 7.58. The van der Waals surface area contributed by atoms with Crippen molar-refractivity contribution in [2.75, 3.05) is 0 Å². The number of aromatic nitrogens is 1. The fourth-order valence-corrected chi connectivity index (χ4v) is 3.99. The molecule has 154 valence electrons. The van der Waals surface area contributed by atoms with Crippen LogP contribution >= 0.6 is 0 Å². The molecule has 0 atom stereocenters. The largest absolute Gasteiger partial charge is 0.489 e. The Kier molecular flexibility index (Phi) is 4.79. The minimum atomic E-state index is -0.424. The highest BCUT2D eigenvalue weighted by Gasteiger charge is 2.31. The molecule has 0 spiro atoms. The van der Waals surface area contributed by atoms with Gasteiger partial charge in [-0.25, -0.2) is 4.79 Å². The number of carbonyl (C=O) groups is 1. The molecule has 0 saturated carbocycles. The van der Waals surface area contributed by atoms with Crippen LogP contribution in [0.4, 0.5) is 0 Å². The second-order valence-corrected chi connectivity index (χ2v) is 7.58. The van der Waals surface area contributed by atoms with Gasteiger partial charge in [0.05, 0.1) is 16.8 Å². The number of hydrogen-bond donors (Lipinski definition) is 0. The number of aryl methyl sites for hydroxylation is 2. The van der Waals surface area contributed by atoms with Gasteiger partial charge in [0.15, 0.2) is 6.10 Å². The Morgan fingerprint density at radius 2 is 1.61 bits per heavy atom. The molecule has 5 rings (SSSR count). The Bertz CT molecular complexity index is 1210. The minimum Gasteiger partial charge on any atom is -0.489 e. The van der Waals surface area contributed by atoms with Crippen molar-refractivity contribution in [3.63, 3.8) is 0 Å². The molecule has 5 nitrogen and oxygen atoms in total. The summed E-state index contributed by atoms with van der Waals surface area (Å²) < 4.78 is 17.0. The average molecular weight is 411 g/mol. The molecule has 1 aliphatic rings. The van der Waals surface area contributed by atoms with Crippen molar-refractivity contribution >= 4 is 5.97 Å². The average Bonchev–Trinajstić information content (AvgIpc) is 3.29. The SMILES string of the molecule is Cc1noc(C)c1COc1cccc(C(=O)OC2c3ccccc3-c3ccccc32)c1. The number of fused-ring (bicyclic) bond motifs is 3. The summed E-state index contributed by atoms with van der Waals surface area (Å²) in [6.07, 6.45) is -0.424. The van der Waals surface area contributed by atoms with Crippen LogP contribution in [0.1, 0.15) is 44.6 Å². The first-order chi connectivity index (χ1) is 15.1. The quantitative estimate of drug-likeness (QED) is 0.389. The molecule has 1 aromatic heterocycles. The normalized spacial score (nSPS) is 12.3. The molecule has 0 aliphatic heterocycles. The first-order valence-corrected chi connectivity index (χ1v) is 10.2. The van der Waals surface area contributed by atoms with Crippen LogP contribution in [0.2, 0.25) is 0 Å². The van der Waals surface area contributed by atoms with E-state index in [4.69, 9.17) is 14.0 Å². The van der Waals surface area contributed by atoms with E-state index in [-0.39, 0.29) is 5.97 Å². The van der Waals surface area contributed by atoms with Gasteiger partial charge in [-0.1, -0.05) is 59.8 Å². The standard InChI is InChI=1S/C26H21NO4/c1-16-24(17(2)31-27-16)15-29-19-9-7-8-18(14-19)26(28)30-25-22-12-5-3-10-20(22)21-11-4-6-13-23(21)25/h3-14,25H,15H2,1-2H3. The lowest BCUT2D eigenvalue weighted by Gasteiger charge is -2.15. The number of hydrogen-bond acceptors (Lipinski definition) is 5. The van der Waals surface area contributed by atoms with Crippen molar-refractivity contribution in [1.29, 1.82) is 0 Å². The van der Waals surface area contributed by atoms with Crippen molar-refractivity contribution in [1.82, 2.24) is 5.16 Å². The molecule has 31 heavy (non-hydrogen) atoms. The van der Waals surface area contributed by atoms with Crippen LogP contribution in [0.5, 0.6) is 5.75 Å². The number of ether oxygens (including phenoxy) is 2. The Labute approximate surface area is 180 Å². The fraction of sp³-hybridized carbons (Fsp3) is 0.154. The summed E-state index contributed by atoms with van der Waals surface area (Å²) in [5.74, 6) is 0.924. The van der Waals surface area contributed by atoms with Crippen molar-refractivity contribution in [2.45, 2.75) is 26.6 Å². The predicted octanol–water partition coefficient (Wildman–Crippen LogP) is 5.80. The first kappa shape index (κ1) is 19.1. The van der Waals surface area contributed by atoms with Crippen LogP contribution in [-0.2, 0) is 11.3 Å². The highest BCUT2D eigenvalue weighted by molar-refractivity contribution is 5.91. The van der Waals surface area contributed by atoms with Crippen LogP contribution in [-0.4, -0.2) is 11.1 Å². The second kappa shape index (κ2) is 7.76. The van der Waals surface area contributed by atoms with E-state index < -0.39 is 6.10 Å². The van der Waals surface area contributed by atoms with Crippen LogP contribution in [0, 0.1) is 13.8 Å². The number of rotatable bonds is 5. The summed E-state index contributed by atoms with van der Waals surface area (Å²) in [4.78, 5) is 13.0. The van der Waals surface area contributed by atoms with E-state index in [1.807, 2.05) is 56.3 Å². The lowest BCUT2D eigenvalue weighted by Crippen LogP contribution is -2.11. The van der Waals surface area contributed by atoms with Gasteiger partial charge < -0.3 is 14.0 Å². The highest BCUT2D eigenvalue weighted by atomic mass is 16.5. The first-order valence-electron chi connectivity index (χ1n) is 10.2. The summed E-state index contributed by atoms with van der Waals surface area (Å²) in [7, 11) is 0. The molecule has 1 aliphatic carbocycles. The highest BCUT2D eigenvalue weighted by Crippen LogP contribution is 2.45. The molecular formula is C26H21NO4. The zero-order valence-corrected chi connectivity index (χ0v) is 17.3. The van der Waals surface area contributed by atoms with Crippen LogP contribution < -0.4 is 4.74 Å². The monoisotopic (exact) mass is 411 g/mol. The maximum Gasteiger partial charge on any atom is 0.339 e. The van der Waals surface area contributed by atoms with E-state index in [1.54, 1.807) is 18.2 Å².